The number of alkyl halides is 2. The van der Waals surface area contributed by atoms with Gasteiger partial charge in [0.05, 0.1) is 26.4 Å². The Bertz CT molecular complexity index is 1410. The number of para-hydroxylation sites is 1. The van der Waals surface area contributed by atoms with Gasteiger partial charge in [-0.05, 0) is 24.3 Å². The largest absolute Gasteiger partial charge is 0.434 e. The lowest BCUT2D eigenvalue weighted by atomic mass is 10.0. The molecule has 3 aromatic carbocycles. The van der Waals surface area contributed by atoms with Crippen LogP contribution < -0.4 is 4.74 Å². The van der Waals surface area contributed by atoms with Crippen molar-refractivity contribution in [1.82, 2.24) is 9.97 Å². The third-order valence-corrected chi connectivity index (χ3v) is 7.01. The van der Waals surface area contributed by atoms with Crippen molar-refractivity contribution < 1.29 is 22.9 Å². The maximum atomic E-state index is 12.9. The number of hydrogen-bond donors (Lipinski definition) is 2. The first-order valence-electron chi connectivity index (χ1n) is 9.97. The molecule has 4 rings (SSSR count). The molecule has 11 heteroatoms. The molecule has 1 unspecified atom stereocenters. The number of aromatic nitrogens is 2. The van der Waals surface area contributed by atoms with E-state index in [1.165, 1.54) is 6.07 Å². The molecule has 0 aliphatic rings. The van der Waals surface area contributed by atoms with Gasteiger partial charge >= 0.3 is 6.61 Å². The molecule has 0 aliphatic heterocycles. The molecule has 1 aromatic heterocycles. The number of benzene rings is 3. The van der Waals surface area contributed by atoms with Gasteiger partial charge < -0.3 is 14.9 Å². The molecule has 0 spiro atoms. The zero-order valence-electron chi connectivity index (χ0n) is 17.6. The Hall–Kier alpha value is -3.01. The maximum Gasteiger partial charge on any atom is 0.387 e. The molecule has 0 bridgehead atoms. The molecule has 176 valence electrons. The van der Waals surface area contributed by atoms with Gasteiger partial charge in [0.15, 0.2) is 11.5 Å². The average Bonchev–Trinajstić information content (AvgIpc) is 3.24. The Morgan fingerprint density at radius 3 is 2.56 bits per heavy atom. The molecule has 0 amide bonds. The van der Waals surface area contributed by atoms with E-state index >= 15 is 0 Å². The van der Waals surface area contributed by atoms with Crippen molar-refractivity contribution in [2.24, 2.45) is 5.16 Å². The summed E-state index contributed by atoms with van der Waals surface area (Å²) in [5, 5.41) is 13.3. The number of H-pyrrole nitrogens is 1. The summed E-state index contributed by atoms with van der Waals surface area (Å²) in [6.45, 7) is -1.20. The van der Waals surface area contributed by atoms with E-state index in [-0.39, 0.29) is 38.5 Å². The predicted molar refractivity (Wildman–Crippen MR) is 129 cm³/mol. The fraction of sp³-hybridized carbons (Fsp3) is 0.130. The van der Waals surface area contributed by atoms with Crippen LogP contribution in [0.1, 0.15) is 18.3 Å². The van der Waals surface area contributed by atoms with Crippen LogP contribution in [0.4, 0.5) is 8.78 Å². The first-order chi connectivity index (χ1) is 16.3. The van der Waals surface area contributed by atoms with Crippen LogP contribution in [-0.4, -0.2) is 37.5 Å². The number of halogens is 4. The number of rotatable bonds is 7. The van der Waals surface area contributed by atoms with E-state index in [2.05, 4.69) is 19.9 Å². The molecule has 1 atom stereocenters. The van der Waals surface area contributed by atoms with Crippen LogP contribution in [0.5, 0.6) is 5.75 Å². The van der Waals surface area contributed by atoms with Gasteiger partial charge in [0.2, 0.25) is 0 Å². The first kappa shape index (κ1) is 24.1. The summed E-state index contributed by atoms with van der Waals surface area (Å²) >= 11 is 13.1. The summed E-state index contributed by atoms with van der Waals surface area (Å²) in [7, 11) is -1.12. The zero-order chi connectivity index (χ0) is 24.4. The zero-order valence-corrected chi connectivity index (χ0v) is 19.9. The molecule has 0 saturated carbocycles. The number of nitrogens with one attached hydrogen (secondary N) is 1. The highest BCUT2D eigenvalue weighted by Gasteiger charge is 2.22. The number of nitrogens with zero attached hydrogens (tertiary/aromatic N) is 2. The third kappa shape index (κ3) is 4.64. The van der Waals surface area contributed by atoms with E-state index in [9.17, 15) is 18.2 Å². The van der Waals surface area contributed by atoms with E-state index in [0.717, 1.165) is 0 Å². The number of fused-ring (bicyclic) bond motifs is 1. The SMILES string of the molecule is CCS(=O)c1ccc(/C(=N\O)c2nc3c(Cl)c(-c4ccccc4OC(F)F)c(Cl)cc3[nH]2)cc1. The minimum atomic E-state index is -3.02. The molecule has 0 fully saturated rings. The van der Waals surface area contributed by atoms with Crippen LogP contribution >= 0.6 is 23.2 Å². The monoisotopic (exact) mass is 523 g/mol. The molecule has 34 heavy (non-hydrogen) atoms. The quantitative estimate of drug-likeness (QED) is 0.164. The molecule has 0 aliphatic carbocycles. The van der Waals surface area contributed by atoms with Gasteiger partial charge in [0.25, 0.3) is 0 Å². The lowest BCUT2D eigenvalue weighted by Gasteiger charge is -2.13. The highest BCUT2D eigenvalue weighted by atomic mass is 35.5. The Kier molecular flexibility index (Phi) is 7.16. The van der Waals surface area contributed by atoms with Crippen molar-refractivity contribution in [3.05, 3.63) is 76.0 Å². The second-order valence-corrected chi connectivity index (χ2v) is 9.54. The maximum absolute atomic E-state index is 12.9. The van der Waals surface area contributed by atoms with Gasteiger partial charge in [-0.15, -0.1) is 0 Å². The highest BCUT2D eigenvalue weighted by molar-refractivity contribution is 7.85. The molecule has 0 saturated heterocycles. The van der Waals surface area contributed by atoms with Crippen LogP contribution in [0.25, 0.3) is 22.2 Å². The van der Waals surface area contributed by atoms with E-state index < -0.39 is 17.4 Å². The van der Waals surface area contributed by atoms with Crippen molar-refractivity contribution in [2.45, 2.75) is 18.4 Å². The van der Waals surface area contributed by atoms with Crippen molar-refractivity contribution >= 4 is 50.7 Å². The van der Waals surface area contributed by atoms with Gasteiger partial charge in [-0.3, -0.25) is 4.21 Å². The summed E-state index contributed by atoms with van der Waals surface area (Å²) in [6.07, 6.45) is 0. The fourth-order valence-electron chi connectivity index (χ4n) is 3.48. The molecular weight excluding hydrogens is 507 g/mol. The summed E-state index contributed by atoms with van der Waals surface area (Å²) < 4.78 is 42.4. The Morgan fingerprint density at radius 1 is 1.21 bits per heavy atom. The normalized spacial score (nSPS) is 12.9. The minimum absolute atomic E-state index is 0.0847. The van der Waals surface area contributed by atoms with Gasteiger partial charge in [0.1, 0.15) is 11.3 Å². The number of ether oxygens (including phenoxy) is 1. The van der Waals surface area contributed by atoms with Gasteiger partial charge in [-0.25, -0.2) is 4.98 Å². The van der Waals surface area contributed by atoms with Crippen molar-refractivity contribution in [2.75, 3.05) is 5.75 Å². The highest BCUT2D eigenvalue weighted by Crippen LogP contribution is 2.43. The van der Waals surface area contributed by atoms with Gasteiger partial charge in [-0.2, -0.15) is 8.78 Å². The van der Waals surface area contributed by atoms with Gasteiger partial charge in [-0.1, -0.05) is 65.6 Å². The molecule has 6 nitrogen and oxygen atoms in total. The smallest absolute Gasteiger partial charge is 0.387 e. The minimum Gasteiger partial charge on any atom is -0.434 e. The summed E-state index contributed by atoms with van der Waals surface area (Å²) in [5.74, 6) is 0.601. The van der Waals surface area contributed by atoms with E-state index in [0.29, 0.717) is 27.2 Å². The molecule has 2 N–H and O–H groups in total. The van der Waals surface area contributed by atoms with Crippen molar-refractivity contribution in [1.29, 1.82) is 0 Å². The van der Waals surface area contributed by atoms with E-state index in [1.54, 1.807) is 48.5 Å². The lowest BCUT2D eigenvalue weighted by Crippen LogP contribution is -2.06. The number of oxime groups is 1. The Balaban J connectivity index is 1.80. The van der Waals surface area contributed by atoms with Crippen LogP contribution in [0.2, 0.25) is 10.0 Å². The predicted octanol–water partition coefficient (Wildman–Crippen LogP) is 6.49. The number of aromatic amines is 1. The van der Waals surface area contributed by atoms with Gasteiger partial charge in [0, 0.05) is 27.3 Å². The Labute approximate surface area is 205 Å². The number of imidazole rings is 1. The van der Waals surface area contributed by atoms with Crippen molar-refractivity contribution in [3.8, 4) is 16.9 Å². The molecule has 4 aromatic rings. The van der Waals surface area contributed by atoms with Crippen LogP contribution in [0.3, 0.4) is 0 Å². The molecular formula is C23H17Cl2F2N3O3S. The third-order valence-electron chi connectivity index (χ3n) is 5.02. The second kappa shape index (κ2) is 10.1. The fourth-order valence-corrected chi connectivity index (χ4v) is 4.96. The molecule has 1 heterocycles. The standard InChI is InChI=1S/C23H17Cl2F2N3O3S/c1-2-34(32)13-9-7-12(8-10-13)20(30-31)22-28-16-11-15(24)18(19(25)21(16)29-22)14-5-3-4-6-17(14)33-23(26)27/h3-11,23,31H,2H2,1H3,(H,28,29)/b30-20+. The summed E-state index contributed by atoms with van der Waals surface area (Å²) in [4.78, 5) is 8.13. The number of hydrogen-bond acceptors (Lipinski definition) is 5. The second-order valence-electron chi connectivity index (χ2n) is 7.01. The van der Waals surface area contributed by atoms with E-state index in [4.69, 9.17) is 23.2 Å². The van der Waals surface area contributed by atoms with Crippen LogP contribution in [-0.2, 0) is 10.8 Å². The summed E-state index contributed by atoms with van der Waals surface area (Å²) in [6, 6.07) is 14.4. The first-order valence-corrected chi connectivity index (χ1v) is 12.0. The van der Waals surface area contributed by atoms with E-state index in [1.807, 2.05) is 6.92 Å². The van der Waals surface area contributed by atoms with Crippen LogP contribution in [0.15, 0.2) is 64.6 Å². The molecule has 0 radical (unpaired) electrons. The summed E-state index contributed by atoms with van der Waals surface area (Å²) in [5.41, 5.74) is 1.95. The average molecular weight is 524 g/mol. The van der Waals surface area contributed by atoms with Crippen LogP contribution in [0, 0.1) is 0 Å². The Morgan fingerprint density at radius 2 is 1.91 bits per heavy atom. The van der Waals surface area contributed by atoms with Crippen molar-refractivity contribution in [3.63, 3.8) is 0 Å². The topological polar surface area (TPSA) is 87.6 Å². The lowest BCUT2D eigenvalue weighted by molar-refractivity contribution is -0.0494.